The van der Waals surface area contributed by atoms with Crippen LogP contribution < -0.4 is 5.32 Å². The fraction of sp³-hybridized carbons (Fsp3) is 0.167. The maximum absolute atomic E-state index is 13.1. The van der Waals surface area contributed by atoms with Crippen LogP contribution in [-0.4, -0.2) is 31.5 Å². The van der Waals surface area contributed by atoms with Gasteiger partial charge < -0.3 is 10.1 Å². The lowest BCUT2D eigenvalue weighted by Gasteiger charge is -2.19. The highest BCUT2D eigenvalue weighted by atomic mass is 32.2. The van der Waals surface area contributed by atoms with Crippen LogP contribution in [-0.2, 0) is 19.4 Å². The van der Waals surface area contributed by atoms with E-state index < -0.39 is 43.3 Å². The lowest BCUT2D eigenvalue weighted by atomic mass is 10.1. The van der Waals surface area contributed by atoms with E-state index >= 15 is 0 Å². The van der Waals surface area contributed by atoms with Gasteiger partial charge in [-0.05, 0) is 43.2 Å². The number of rotatable bonds is 7. The van der Waals surface area contributed by atoms with E-state index in [9.17, 15) is 28.1 Å². The summed E-state index contributed by atoms with van der Waals surface area (Å²) in [4.78, 5) is 36.0. The molecule has 9 nitrogen and oxygen atoms in total. The highest BCUT2D eigenvalue weighted by Crippen LogP contribution is 2.28. The summed E-state index contributed by atoms with van der Waals surface area (Å²) >= 11 is 0. The molecule has 34 heavy (non-hydrogen) atoms. The Labute approximate surface area is 196 Å². The Balaban J connectivity index is 1.95. The SMILES string of the molecule is Cc1ccc(C)c(NC(=O)[C@H](OC(=O)c2ccc(S(C)(=O)=O)c([N+](=O)[O-])c2)c2ccccc2)c1. The van der Waals surface area contributed by atoms with Crippen molar-refractivity contribution in [3.63, 3.8) is 0 Å². The first kappa shape index (κ1) is 24.6. The summed E-state index contributed by atoms with van der Waals surface area (Å²) in [5, 5.41) is 14.1. The van der Waals surface area contributed by atoms with Crippen LogP contribution in [0.25, 0.3) is 0 Å². The molecule has 1 amide bonds. The number of benzene rings is 3. The third-order valence-corrected chi connectivity index (χ3v) is 6.15. The third kappa shape index (κ3) is 5.65. The van der Waals surface area contributed by atoms with Gasteiger partial charge in [-0.15, -0.1) is 0 Å². The summed E-state index contributed by atoms with van der Waals surface area (Å²) in [6.45, 7) is 3.69. The minimum absolute atomic E-state index is 0.264. The van der Waals surface area contributed by atoms with Crippen molar-refractivity contribution in [2.24, 2.45) is 0 Å². The van der Waals surface area contributed by atoms with Crippen molar-refractivity contribution in [1.82, 2.24) is 0 Å². The molecule has 0 bridgehead atoms. The predicted molar refractivity (Wildman–Crippen MR) is 125 cm³/mol. The van der Waals surface area contributed by atoms with Crippen LogP contribution >= 0.6 is 0 Å². The van der Waals surface area contributed by atoms with E-state index in [2.05, 4.69) is 5.32 Å². The van der Waals surface area contributed by atoms with Gasteiger partial charge in [0.1, 0.15) is 4.90 Å². The Morgan fingerprint density at radius 2 is 1.68 bits per heavy atom. The largest absolute Gasteiger partial charge is 0.444 e. The summed E-state index contributed by atoms with van der Waals surface area (Å²) < 4.78 is 29.1. The number of nitrogens with one attached hydrogen (secondary N) is 1. The number of hydrogen-bond acceptors (Lipinski definition) is 7. The first-order valence-corrected chi connectivity index (χ1v) is 12.0. The fourth-order valence-electron chi connectivity index (χ4n) is 3.25. The van der Waals surface area contributed by atoms with Crippen molar-refractivity contribution >= 4 is 33.1 Å². The second kappa shape index (κ2) is 9.84. The number of anilines is 1. The molecule has 0 spiro atoms. The molecule has 3 aromatic rings. The smallest absolute Gasteiger partial charge is 0.339 e. The molecule has 0 radical (unpaired) electrons. The Morgan fingerprint density at radius 1 is 1.00 bits per heavy atom. The number of nitro benzene ring substituents is 1. The topological polar surface area (TPSA) is 133 Å². The maximum atomic E-state index is 13.1. The zero-order chi connectivity index (χ0) is 25.0. The van der Waals surface area contributed by atoms with Crippen LogP contribution in [0.5, 0.6) is 0 Å². The van der Waals surface area contributed by atoms with E-state index in [1.807, 2.05) is 26.0 Å². The number of esters is 1. The van der Waals surface area contributed by atoms with Gasteiger partial charge in [0.25, 0.3) is 11.6 Å². The van der Waals surface area contributed by atoms with Gasteiger partial charge in [0.2, 0.25) is 6.10 Å². The van der Waals surface area contributed by atoms with Gasteiger partial charge in [-0.25, -0.2) is 13.2 Å². The van der Waals surface area contributed by atoms with Crippen LogP contribution in [0.1, 0.15) is 33.2 Å². The summed E-state index contributed by atoms with van der Waals surface area (Å²) in [6.07, 6.45) is -0.529. The minimum Gasteiger partial charge on any atom is -0.444 e. The molecule has 0 saturated heterocycles. The Kier molecular flexibility index (Phi) is 7.11. The molecule has 0 unspecified atom stereocenters. The molecule has 0 aliphatic carbocycles. The van der Waals surface area contributed by atoms with Crippen molar-refractivity contribution in [2.75, 3.05) is 11.6 Å². The summed E-state index contributed by atoms with van der Waals surface area (Å²) in [6, 6.07) is 16.7. The molecule has 1 atom stereocenters. The molecule has 3 aromatic carbocycles. The van der Waals surface area contributed by atoms with E-state index in [1.54, 1.807) is 36.4 Å². The summed E-state index contributed by atoms with van der Waals surface area (Å²) in [5.41, 5.74) is 1.65. The number of amides is 1. The number of hydrogen-bond donors (Lipinski definition) is 1. The van der Waals surface area contributed by atoms with Gasteiger partial charge in [-0.1, -0.05) is 42.5 Å². The lowest BCUT2D eigenvalue weighted by molar-refractivity contribution is -0.387. The van der Waals surface area contributed by atoms with E-state index in [0.29, 0.717) is 11.3 Å². The molecule has 0 aromatic heterocycles. The number of nitrogens with zero attached hydrogens (tertiary/aromatic N) is 1. The van der Waals surface area contributed by atoms with Crippen LogP contribution in [0.3, 0.4) is 0 Å². The lowest BCUT2D eigenvalue weighted by Crippen LogP contribution is -2.26. The van der Waals surface area contributed by atoms with Crippen molar-refractivity contribution in [1.29, 1.82) is 0 Å². The molecule has 0 fully saturated rings. The molecule has 1 N–H and O–H groups in total. The van der Waals surface area contributed by atoms with Crippen molar-refractivity contribution < 1.29 is 27.7 Å². The van der Waals surface area contributed by atoms with E-state index in [1.165, 1.54) is 0 Å². The zero-order valence-corrected chi connectivity index (χ0v) is 19.5. The van der Waals surface area contributed by atoms with Crippen molar-refractivity contribution in [3.05, 3.63) is 99.1 Å². The van der Waals surface area contributed by atoms with Gasteiger partial charge >= 0.3 is 5.97 Å². The van der Waals surface area contributed by atoms with Crippen LogP contribution in [0, 0.1) is 24.0 Å². The molecule has 10 heteroatoms. The number of sulfone groups is 1. The molecule has 0 saturated carbocycles. The van der Waals surface area contributed by atoms with E-state index in [4.69, 9.17) is 4.74 Å². The molecule has 0 heterocycles. The molecular weight excluding hydrogens is 460 g/mol. The molecule has 3 rings (SSSR count). The Hall–Kier alpha value is -4.05. The van der Waals surface area contributed by atoms with E-state index in [0.717, 1.165) is 35.6 Å². The first-order chi connectivity index (χ1) is 16.0. The quantitative estimate of drug-likeness (QED) is 0.304. The second-order valence-corrected chi connectivity index (χ2v) is 9.70. The van der Waals surface area contributed by atoms with Crippen molar-refractivity contribution in [2.45, 2.75) is 24.8 Å². The van der Waals surface area contributed by atoms with Gasteiger partial charge in [0.15, 0.2) is 9.84 Å². The Morgan fingerprint density at radius 3 is 2.29 bits per heavy atom. The van der Waals surface area contributed by atoms with Gasteiger partial charge in [0, 0.05) is 23.6 Å². The first-order valence-electron chi connectivity index (χ1n) is 10.1. The van der Waals surface area contributed by atoms with Gasteiger partial charge in [-0.2, -0.15) is 0 Å². The fourth-order valence-corrected chi connectivity index (χ4v) is 4.07. The van der Waals surface area contributed by atoms with Crippen LogP contribution in [0.2, 0.25) is 0 Å². The number of aryl methyl sites for hydroxylation is 2. The number of carbonyl (C=O) groups is 2. The average Bonchev–Trinajstić information content (AvgIpc) is 2.79. The van der Waals surface area contributed by atoms with Crippen LogP contribution in [0.15, 0.2) is 71.6 Å². The standard InChI is InChI=1S/C24H22N2O7S/c1-15-9-10-16(2)19(13-15)25-23(27)22(17-7-5-4-6-8-17)33-24(28)18-11-12-21(34(3,31)32)20(14-18)26(29)30/h4-14,22H,1-3H3,(H,25,27)/t22-/m1/s1. The summed E-state index contributed by atoms with van der Waals surface area (Å²) in [5.74, 6) is -1.64. The van der Waals surface area contributed by atoms with Gasteiger partial charge in [-0.3, -0.25) is 14.9 Å². The Bertz CT molecular complexity index is 1370. The van der Waals surface area contributed by atoms with E-state index in [-0.39, 0.29) is 5.56 Å². The predicted octanol–water partition coefficient (Wildman–Crippen LogP) is 4.15. The number of carbonyl (C=O) groups excluding carboxylic acids is 2. The molecular formula is C24H22N2O7S. The number of nitro groups is 1. The zero-order valence-electron chi connectivity index (χ0n) is 18.6. The maximum Gasteiger partial charge on any atom is 0.339 e. The minimum atomic E-state index is -3.90. The highest BCUT2D eigenvalue weighted by molar-refractivity contribution is 7.90. The summed E-state index contributed by atoms with van der Waals surface area (Å²) in [7, 11) is -3.90. The normalized spacial score (nSPS) is 12.0. The van der Waals surface area contributed by atoms with Gasteiger partial charge in [0.05, 0.1) is 10.5 Å². The molecule has 0 aliphatic heterocycles. The van der Waals surface area contributed by atoms with Crippen molar-refractivity contribution in [3.8, 4) is 0 Å². The molecule has 0 aliphatic rings. The highest BCUT2D eigenvalue weighted by Gasteiger charge is 2.29. The molecule has 176 valence electrons. The average molecular weight is 483 g/mol. The van der Waals surface area contributed by atoms with Crippen LogP contribution in [0.4, 0.5) is 11.4 Å². The monoisotopic (exact) mass is 482 g/mol. The second-order valence-electron chi connectivity index (χ2n) is 7.72. The third-order valence-electron chi connectivity index (χ3n) is 5.01. The number of ether oxygens (including phenoxy) is 1.